The first-order valence-electron chi connectivity index (χ1n) is 6.94. The maximum atomic E-state index is 13.3. The van der Waals surface area contributed by atoms with Gasteiger partial charge in [0, 0.05) is 17.7 Å². The summed E-state index contributed by atoms with van der Waals surface area (Å²) in [5.41, 5.74) is 2.73. The molecule has 0 bridgehead atoms. The molecule has 7 heteroatoms. The van der Waals surface area contributed by atoms with E-state index in [1.807, 2.05) is 24.7 Å². The minimum atomic E-state index is -0.251. The zero-order valence-corrected chi connectivity index (χ0v) is 13.9. The molecule has 2 aromatic heterocycles. The van der Waals surface area contributed by atoms with Crippen molar-refractivity contribution < 1.29 is 4.39 Å². The van der Waals surface area contributed by atoms with E-state index >= 15 is 0 Å². The average molecular weight is 364 g/mol. The van der Waals surface area contributed by atoms with Gasteiger partial charge < -0.3 is 0 Å². The second kappa shape index (κ2) is 6.00. The number of benzene rings is 1. The predicted molar refractivity (Wildman–Crippen MR) is 84.9 cm³/mol. The molecular formula is C15H15BrFN5. The van der Waals surface area contributed by atoms with Crippen molar-refractivity contribution in [2.75, 3.05) is 0 Å². The van der Waals surface area contributed by atoms with Crippen LogP contribution in [-0.2, 0) is 13.1 Å². The highest BCUT2D eigenvalue weighted by Crippen LogP contribution is 2.24. The fraction of sp³-hybridized carbons (Fsp3) is 0.267. The van der Waals surface area contributed by atoms with Crippen LogP contribution in [-0.4, -0.2) is 24.5 Å². The van der Waals surface area contributed by atoms with Crippen molar-refractivity contribution in [3.8, 4) is 11.4 Å². The lowest BCUT2D eigenvalue weighted by atomic mass is 10.1. The molecule has 0 aliphatic heterocycles. The summed E-state index contributed by atoms with van der Waals surface area (Å²) in [6.07, 6.45) is 3.33. The highest BCUT2D eigenvalue weighted by atomic mass is 79.9. The van der Waals surface area contributed by atoms with Crippen LogP contribution >= 0.6 is 15.9 Å². The summed E-state index contributed by atoms with van der Waals surface area (Å²) in [6.45, 7) is 5.24. The zero-order chi connectivity index (χ0) is 15.7. The largest absolute Gasteiger partial charge is 0.258 e. The molecule has 0 unspecified atom stereocenters. The van der Waals surface area contributed by atoms with Crippen molar-refractivity contribution in [3.05, 3.63) is 52.3 Å². The van der Waals surface area contributed by atoms with Gasteiger partial charge in [-0.25, -0.2) is 14.1 Å². The number of hydrogen-bond acceptors (Lipinski definition) is 3. The Morgan fingerprint density at radius 1 is 1.23 bits per heavy atom. The summed E-state index contributed by atoms with van der Waals surface area (Å²) in [5, 5.41) is 8.59. The Bertz CT molecular complexity index is 808. The molecule has 0 spiro atoms. The first-order valence-corrected chi connectivity index (χ1v) is 7.74. The lowest BCUT2D eigenvalue weighted by Crippen LogP contribution is -2.05. The van der Waals surface area contributed by atoms with Crippen molar-refractivity contribution in [2.45, 2.75) is 26.9 Å². The normalized spacial score (nSPS) is 11.1. The Labute approximate surface area is 135 Å². The maximum Gasteiger partial charge on any atom is 0.158 e. The molecule has 0 radical (unpaired) electrons. The number of aryl methyl sites for hydroxylation is 2. The van der Waals surface area contributed by atoms with Gasteiger partial charge in [-0.05, 0) is 53.5 Å². The van der Waals surface area contributed by atoms with Gasteiger partial charge in [0.1, 0.15) is 16.7 Å². The van der Waals surface area contributed by atoms with Crippen molar-refractivity contribution in [1.82, 2.24) is 24.5 Å². The van der Waals surface area contributed by atoms with Crippen LogP contribution in [0, 0.1) is 12.7 Å². The van der Waals surface area contributed by atoms with Gasteiger partial charge in [-0.15, -0.1) is 0 Å². The third kappa shape index (κ3) is 2.68. The van der Waals surface area contributed by atoms with Gasteiger partial charge in [0.15, 0.2) is 5.82 Å². The van der Waals surface area contributed by atoms with E-state index in [0.717, 1.165) is 27.8 Å². The van der Waals surface area contributed by atoms with E-state index < -0.39 is 0 Å². The Hall–Kier alpha value is -2.02. The maximum absolute atomic E-state index is 13.3. The van der Waals surface area contributed by atoms with E-state index in [4.69, 9.17) is 0 Å². The van der Waals surface area contributed by atoms with Crippen LogP contribution in [0.15, 0.2) is 35.3 Å². The summed E-state index contributed by atoms with van der Waals surface area (Å²) in [6, 6.07) is 4.67. The third-order valence-corrected chi connectivity index (χ3v) is 4.43. The number of aromatic nitrogens is 5. The van der Waals surface area contributed by atoms with Crippen LogP contribution in [0.1, 0.15) is 18.1 Å². The summed E-state index contributed by atoms with van der Waals surface area (Å²) >= 11 is 3.55. The molecule has 0 saturated heterocycles. The minimum Gasteiger partial charge on any atom is -0.258 e. The standard InChI is InChI=1S/C15H15BrFN5/c1-3-21-14(16)11(7-19-21)8-22-15(18-9-20-22)13-5-4-12(17)6-10(13)2/h4-7,9H,3,8H2,1-2H3. The molecule has 0 N–H and O–H groups in total. The van der Waals surface area contributed by atoms with Gasteiger partial charge in [-0.3, -0.25) is 4.68 Å². The van der Waals surface area contributed by atoms with E-state index in [-0.39, 0.29) is 5.82 Å². The van der Waals surface area contributed by atoms with Gasteiger partial charge in [0.05, 0.1) is 12.7 Å². The molecule has 2 heterocycles. The molecule has 1 aromatic carbocycles. The number of halogens is 2. The summed E-state index contributed by atoms with van der Waals surface area (Å²) in [7, 11) is 0. The molecular weight excluding hydrogens is 349 g/mol. The topological polar surface area (TPSA) is 48.5 Å². The fourth-order valence-corrected chi connectivity index (χ4v) is 2.93. The highest BCUT2D eigenvalue weighted by Gasteiger charge is 2.14. The predicted octanol–water partition coefficient (Wildman–Crippen LogP) is 3.42. The first kappa shape index (κ1) is 14.9. The van der Waals surface area contributed by atoms with E-state index in [2.05, 4.69) is 31.1 Å². The highest BCUT2D eigenvalue weighted by molar-refractivity contribution is 9.10. The Morgan fingerprint density at radius 2 is 2.05 bits per heavy atom. The van der Waals surface area contributed by atoms with Crippen LogP contribution in [0.3, 0.4) is 0 Å². The molecule has 3 rings (SSSR count). The monoisotopic (exact) mass is 363 g/mol. The number of rotatable bonds is 4. The van der Waals surface area contributed by atoms with E-state index in [0.29, 0.717) is 12.4 Å². The Kier molecular flexibility index (Phi) is 4.06. The van der Waals surface area contributed by atoms with Gasteiger partial charge in [-0.2, -0.15) is 10.2 Å². The van der Waals surface area contributed by atoms with E-state index in [9.17, 15) is 4.39 Å². The van der Waals surface area contributed by atoms with Gasteiger partial charge in [-0.1, -0.05) is 0 Å². The SMILES string of the molecule is CCn1ncc(Cn2ncnc2-c2ccc(F)cc2C)c1Br. The van der Waals surface area contributed by atoms with Crippen LogP contribution in [0.25, 0.3) is 11.4 Å². The second-order valence-electron chi connectivity index (χ2n) is 4.98. The van der Waals surface area contributed by atoms with E-state index in [1.165, 1.54) is 18.5 Å². The molecule has 22 heavy (non-hydrogen) atoms. The quantitative estimate of drug-likeness (QED) is 0.713. The molecule has 0 aliphatic rings. The lowest BCUT2D eigenvalue weighted by Gasteiger charge is -2.08. The molecule has 0 fully saturated rings. The zero-order valence-electron chi connectivity index (χ0n) is 12.3. The van der Waals surface area contributed by atoms with Gasteiger partial charge in [0.25, 0.3) is 0 Å². The lowest BCUT2D eigenvalue weighted by molar-refractivity contribution is 0.626. The molecule has 0 aliphatic carbocycles. The van der Waals surface area contributed by atoms with Crippen molar-refractivity contribution in [1.29, 1.82) is 0 Å². The van der Waals surface area contributed by atoms with E-state index in [1.54, 1.807) is 10.7 Å². The summed E-state index contributed by atoms with van der Waals surface area (Å²) in [5.74, 6) is 0.466. The third-order valence-electron chi connectivity index (χ3n) is 3.51. The van der Waals surface area contributed by atoms with Crippen LogP contribution in [0.2, 0.25) is 0 Å². The fourth-order valence-electron chi connectivity index (χ4n) is 2.36. The summed E-state index contributed by atoms with van der Waals surface area (Å²) < 4.78 is 17.9. The smallest absolute Gasteiger partial charge is 0.158 e. The number of hydrogen-bond donors (Lipinski definition) is 0. The Morgan fingerprint density at radius 3 is 2.73 bits per heavy atom. The molecule has 0 amide bonds. The molecule has 0 saturated carbocycles. The number of nitrogens with zero attached hydrogens (tertiary/aromatic N) is 5. The van der Waals surface area contributed by atoms with Crippen LogP contribution in [0.5, 0.6) is 0 Å². The van der Waals surface area contributed by atoms with Crippen LogP contribution < -0.4 is 0 Å². The first-order chi connectivity index (χ1) is 10.6. The van der Waals surface area contributed by atoms with Gasteiger partial charge in [0.2, 0.25) is 0 Å². The van der Waals surface area contributed by atoms with Crippen molar-refractivity contribution >= 4 is 15.9 Å². The summed E-state index contributed by atoms with van der Waals surface area (Å²) in [4.78, 5) is 4.32. The molecule has 0 atom stereocenters. The molecule has 3 aromatic rings. The minimum absolute atomic E-state index is 0.251. The Balaban J connectivity index is 1.97. The second-order valence-corrected chi connectivity index (χ2v) is 5.73. The van der Waals surface area contributed by atoms with Gasteiger partial charge >= 0.3 is 0 Å². The van der Waals surface area contributed by atoms with Crippen LogP contribution in [0.4, 0.5) is 4.39 Å². The van der Waals surface area contributed by atoms with Crippen molar-refractivity contribution in [2.24, 2.45) is 0 Å². The molecule has 114 valence electrons. The van der Waals surface area contributed by atoms with Crippen molar-refractivity contribution in [3.63, 3.8) is 0 Å². The average Bonchev–Trinajstić information content (AvgIpc) is 3.07. The molecule has 5 nitrogen and oxygen atoms in total.